The summed E-state index contributed by atoms with van der Waals surface area (Å²) < 4.78 is 4.41. The minimum atomic E-state index is -1.11. The van der Waals surface area contributed by atoms with Gasteiger partial charge in [0.2, 0.25) is 0 Å². The lowest BCUT2D eigenvalue weighted by Crippen LogP contribution is -2.55. The molecule has 1 fully saturated rings. The van der Waals surface area contributed by atoms with Crippen molar-refractivity contribution in [2.45, 2.75) is 37.6 Å². The molecule has 2 N–H and O–H groups in total. The molecule has 0 heterocycles. The van der Waals surface area contributed by atoms with Gasteiger partial charge in [-0.3, -0.25) is 0 Å². The first-order chi connectivity index (χ1) is 6.60. The van der Waals surface area contributed by atoms with E-state index in [2.05, 4.69) is 10.1 Å². The highest BCUT2D eigenvalue weighted by Gasteiger charge is 2.41. The van der Waals surface area contributed by atoms with Gasteiger partial charge in [0.25, 0.3) is 0 Å². The third kappa shape index (κ3) is 2.16. The number of ether oxygens (including phenoxy) is 1. The average Bonchev–Trinajstić information content (AvgIpc) is 2.19. The summed E-state index contributed by atoms with van der Waals surface area (Å²) in [5.74, 6) is -0.970. The van der Waals surface area contributed by atoms with Crippen molar-refractivity contribution in [2.75, 3.05) is 7.11 Å². The van der Waals surface area contributed by atoms with Gasteiger partial charge in [-0.15, -0.1) is 0 Å². The second-order valence-corrected chi connectivity index (χ2v) is 3.56. The maximum Gasteiger partial charge on any atom is 0.407 e. The second kappa shape index (κ2) is 4.30. The van der Waals surface area contributed by atoms with Crippen molar-refractivity contribution in [3.63, 3.8) is 0 Å². The Labute approximate surface area is 82.4 Å². The number of rotatable bonds is 2. The molecule has 0 radical (unpaired) electrons. The summed E-state index contributed by atoms with van der Waals surface area (Å²) in [6.45, 7) is 0. The molecule has 1 rings (SSSR count). The number of hydrogen-bond donors (Lipinski definition) is 2. The van der Waals surface area contributed by atoms with Crippen LogP contribution in [0.4, 0.5) is 4.79 Å². The van der Waals surface area contributed by atoms with Gasteiger partial charge in [0, 0.05) is 0 Å². The van der Waals surface area contributed by atoms with Crippen LogP contribution < -0.4 is 5.32 Å². The summed E-state index contributed by atoms with van der Waals surface area (Å²) in [4.78, 5) is 22.1. The molecule has 0 aromatic heterocycles. The molecule has 1 saturated carbocycles. The first-order valence-corrected chi connectivity index (χ1v) is 4.70. The molecule has 80 valence electrons. The van der Waals surface area contributed by atoms with Crippen LogP contribution in [-0.2, 0) is 9.53 Å². The Balaban J connectivity index is 2.70. The molecule has 0 aliphatic heterocycles. The van der Waals surface area contributed by atoms with E-state index in [0.29, 0.717) is 12.8 Å². The van der Waals surface area contributed by atoms with Crippen molar-refractivity contribution in [2.24, 2.45) is 0 Å². The number of carbonyl (C=O) groups excluding carboxylic acids is 1. The average molecular weight is 201 g/mol. The molecule has 0 spiro atoms. The number of hydrogen-bond acceptors (Lipinski definition) is 3. The van der Waals surface area contributed by atoms with Crippen LogP contribution in [0.2, 0.25) is 0 Å². The van der Waals surface area contributed by atoms with Crippen LogP contribution in [0.1, 0.15) is 32.1 Å². The van der Waals surface area contributed by atoms with Gasteiger partial charge in [0.05, 0.1) is 7.11 Å². The molecule has 0 bridgehead atoms. The van der Waals surface area contributed by atoms with Gasteiger partial charge >= 0.3 is 12.1 Å². The molecule has 1 amide bonds. The molecule has 5 nitrogen and oxygen atoms in total. The number of aliphatic carboxylic acids is 1. The Morgan fingerprint density at radius 1 is 1.29 bits per heavy atom. The normalized spacial score (nSPS) is 19.8. The van der Waals surface area contributed by atoms with Crippen LogP contribution >= 0.6 is 0 Å². The predicted octanol–water partition coefficient (Wildman–Crippen LogP) is 1.13. The topological polar surface area (TPSA) is 75.6 Å². The molecule has 0 saturated heterocycles. The van der Waals surface area contributed by atoms with Crippen LogP contribution in [0.25, 0.3) is 0 Å². The Morgan fingerprint density at radius 2 is 1.86 bits per heavy atom. The van der Waals surface area contributed by atoms with Crippen LogP contribution in [0.3, 0.4) is 0 Å². The Morgan fingerprint density at radius 3 is 2.29 bits per heavy atom. The second-order valence-electron chi connectivity index (χ2n) is 3.56. The SMILES string of the molecule is COC(=O)NC1(C(=O)O)CCCCC1. The molecule has 5 heteroatoms. The van der Waals surface area contributed by atoms with E-state index in [0.717, 1.165) is 19.3 Å². The van der Waals surface area contributed by atoms with E-state index in [4.69, 9.17) is 5.11 Å². The lowest BCUT2D eigenvalue weighted by Gasteiger charge is -2.33. The van der Waals surface area contributed by atoms with Gasteiger partial charge in [-0.05, 0) is 12.8 Å². The molecular formula is C9H15NO4. The maximum absolute atomic E-state index is 11.1. The van der Waals surface area contributed by atoms with Crippen LogP contribution in [0.5, 0.6) is 0 Å². The number of carboxylic acids is 1. The molecule has 1 aliphatic carbocycles. The summed E-state index contributed by atoms with van der Waals surface area (Å²) >= 11 is 0. The Hall–Kier alpha value is -1.26. The van der Waals surface area contributed by atoms with E-state index in [1.807, 2.05) is 0 Å². The molecule has 1 aliphatic rings. The van der Waals surface area contributed by atoms with Crippen molar-refractivity contribution in [1.82, 2.24) is 5.32 Å². The number of methoxy groups -OCH3 is 1. The lowest BCUT2D eigenvalue weighted by atomic mass is 9.82. The molecular weight excluding hydrogens is 186 g/mol. The zero-order valence-corrected chi connectivity index (χ0v) is 8.21. The third-order valence-corrected chi connectivity index (χ3v) is 2.64. The number of carbonyl (C=O) groups is 2. The van der Waals surface area contributed by atoms with Gasteiger partial charge in [-0.2, -0.15) is 0 Å². The predicted molar refractivity (Wildman–Crippen MR) is 49.0 cm³/mol. The lowest BCUT2D eigenvalue weighted by molar-refractivity contribution is -0.146. The first-order valence-electron chi connectivity index (χ1n) is 4.70. The van der Waals surface area contributed by atoms with E-state index < -0.39 is 17.6 Å². The molecule has 0 aromatic rings. The maximum atomic E-state index is 11.1. The zero-order chi connectivity index (χ0) is 10.6. The number of alkyl carbamates (subject to hydrolysis) is 1. The van der Waals surface area contributed by atoms with Crippen molar-refractivity contribution >= 4 is 12.1 Å². The highest BCUT2D eigenvalue weighted by molar-refractivity contribution is 5.84. The van der Waals surface area contributed by atoms with Crippen molar-refractivity contribution in [3.8, 4) is 0 Å². The van der Waals surface area contributed by atoms with Crippen molar-refractivity contribution < 1.29 is 19.4 Å². The summed E-state index contributed by atoms with van der Waals surface area (Å²) in [6, 6.07) is 0. The van der Waals surface area contributed by atoms with Gasteiger partial charge < -0.3 is 15.2 Å². The van der Waals surface area contributed by atoms with E-state index in [1.54, 1.807) is 0 Å². The Bertz CT molecular complexity index is 233. The third-order valence-electron chi connectivity index (χ3n) is 2.64. The summed E-state index contributed by atoms with van der Waals surface area (Å²) in [7, 11) is 1.23. The van der Waals surface area contributed by atoms with Gasteiger partial charge in [-0.1, -0.05) is 19.3 Å². The minimum absolute atomic E-state index is 0.484. The standard InChI is InChI=1S/C9H15NO4/c1-14-8(13)10-9(7(11)12)5-3-2-4-6-9/h2-6H2,1H3,(H,10,13)(H,11,12). The Kier molecular flexibility index (Phi) is 3.33. The highest BCUT2D eigenvalue weighted by atomic mass is 16.5. The number of nitrogens with one attached hydrogen (secondary N) is 1. The van der Waals surface area contributed by atoms with E-state index in [-0.39, 0.29) is 0 Å². The van der Waals surface area contributed by atoms with Crippen molar-refractivity contribution in [1.29, 1.82) is 0 Å². The molecule has 0 aromatic carbocycles. The fourth-order valence-electron chi connectivity index (χ4n) is 1.79. The largest absolute Gasteiger partial charge is 0.480 e. The fourth-order valence-corrected chi connectivity index (χ4v) is 1.79. The number of amides is 1. The minimum Gasteiger partial charge on any atom is -0.480 e. The number of carboxylic acid groups (broad SMARTS) is 1. The quantitative estimate of drug-likeness (QED) is 0.702. The smallest absolute Gasteiger partial charge is 0.407 e. The van der Waals surface area contributed by atoms with E-state index in [1.165, 1.54) is 7.11 Å². The fraction of sp³-hybridized carbons (Fsp3) is 0.778. The summed E-state index contributed by atoms with van der Waals surface area (Å²) in [6.07, 6.45) is 2.98. The zero-order valence-electron chi connectivity index (χ0n) is 8.21. The molecule has 0 unspecified atom stereocenters. The monoisotopic (exact) mass is 201 g/mol. The van der Waals surface area contributed by atoms with Crippen LogP contribution in [0, 0.1) is 0 Å². The van der Waals surface area contributed by atoms with Gasteiger partial charge in [0.15, 0.2) is 0 Å². The molecule has 14 heavy (non-hydrogen) atoms. The highest BCUT2D eigenvalue weighted by Crippen LogP contribution is 2.28. The first kappa shape index (κ1) is 10.8. The summed E-state index contributed by atoms with van der Waals surface area (Å²) in [5.41, 5.74) is -1.11. The van der Waals surface area contributed by atoms with E-state index >= 15 is 0 Å². The van der Waals surface area contributed by atoms with Gasteiger partial charge in [-0.25, -0.2) is 9.59 Å². The van der Waals surface area contributed by atoms with E-state index in [9.17, 15) is 9.59 Å². The molecule has 0 atom stereocenters. The summed E-state index contributed by atoms with van der Waals surface area (Å²) in [5, 5.41) is 11.5. The van der Waals surface area contributed by atoms with Crippen LogP contribution in [-0.4, -0.2) is 29.8 Å². The van der Waals surface area contributed by atoms with Gasteiger partial charge in [0.1, 0.15) is 5.54 Å². The van der Waals surface area contributed by atoms with Crippen molar-refractivity contribution in [3.05, 3.63) is 0 Å². The van der Waals surface area contributed by atoms with Crippen LogP contribution in [0.15, 0.2) is 0 Å².